The van der Waals surface area contributed by atoms with Gasteiger partial charge in [-0.15, -0.1) is 0 Å². The second-order valence-electron chi connectivity index (χ2n) is 4.61. The minimum Gasteiger partial charge on any atom is -0.478 e. The van der Waals surface area contributed by atoms with Crippen molar-refractivity contribution in [3.8, 4) is 0 Å². The molecule has 102 valence electrons. The zero-order valence-electron chi connectivity index (χ0n) is 10.5. The van der Waals surface area contributed by atoms with E-state index in [9.17, 15) is 9.59 Å². The molecular weight excluding hydrogens is 268 g/mol. The topological polar surface area (TPSA) is 69.6 Å². The summed E-state index contributed by atoms with van der Waals surface area (Å²) in [5.41, 5.74) is 0.522. The van der Waals surface area contributed by atoms with E-state index in [-0.39, 0.29) is 22.7 Å². The number of carboxylic acid groups (broad SMARTS) is 1. The maximum atomic E-state index is 12.0. The molecule has 1 aromatic rings. The summed E-state index contributed by atoms with van der Waals surface area (Å²) in [4.78, 5) is 24.6. The molecule has 19 heavy (non-hydrogen) atoms. The number of carboxylic acids is 1. The van der Waals surface area contributed by atoms with Crippen LogP contribution in [-0.4, -0.2) is 34.6 Å². The Kier molecular flexibility index (Phi) is 3.95. The number of carbonyl (C=O) groups excluding carboxylic acids is 1. The van der Waals surface area contributed by atoms with Gasteiger partial charge >= 0.3 is 12.0 Å². The van der Waals surface area contributed by atoms with Crippen LogP contribution in [0.15, 0.2) is 18.2 Å². The molecule has 5 nitrogen and oxygen atoms in total. The van der Waals surface area contributed by atoms with E-state index in [1.165, 1.54) is 18.2 Å². The second-order valence-corrected chi connectivity index (χ2v) is 5.02. The van der Waals surface area contributed by atoms with Gasteiger partial charge in [0.25, 0.3) is 0 Å². The number of rotatable bonds is 2. The van der Waals surface area contributed by atoms with E-state index in [1.54, 1.807) is 4.90 Å². The van der Waals surface area contributed by atoms with Crippen LogP contribution in [0, 0.1) is 0 Å². The standard InChI is InChI=1S/C13H15ClN2O3/c1-8-3-2-6-16(8)13(19)15-9-4-5-10(12(17)18)11(14)7-9/h4-5,7-8H,2-3,6H2,1H3,(H,15,19)(H,17,18). The van der Waals surface area contributed by atoms with E-state index in [1.807, 2.05) is 6.92 Å². The van der Waals surface area contributed by atoms with Gasteiger partial charge in [-0.1, -0.05) is 11.6 Å². The molecule has 1 aromatic carbocycles. The highest BCUT2D eigenvalue weighted by molar-refractivity contribution is 6.33. The number of urea groups is 1. The first kappa shape index (κ1) is 13.7. The molecule has 2 rings (SSSR count). The minimum atomic E-state index is -1.09. The summed E-state index contributed by atoms with van der Waals surface area (Å²) < 4.78 is 0. The minimum absolute atomic E-state index is 0.0224. The summed E-state index contributed by atoms with van der Waals surface area (Å²) in [6.45, 7) is 2.75. The molecule has 6 heteroatoms. The van der Waals surface area contributed by atoms with Gasteiger partial charge in [0.2, 0.25) is 0 Å². The fraction of sp³-hybridized carbons (Fsp3) is 0.385. The van der Waals surface area contributed by atoms with Crippen LogP contribution < -0.4 is 5.32 Å². The summed E-state index contributed by atoms with van der Waals surface area (Å²) in [7, 11) is 0. The highest BCUT2D eigenvalue weighted by atomic mass is 35.5. The Morgan fingerprint density at radius 3 is 2.74 bits per heavy atom. The maximum absolute atomic E-state index is 12.0. The van der Waals surface area contributed by atoms with Gasteiger partial charge in [-0.3, -0.25) is 0 Å². The molecule has 0 bridgehead atoms. The maximum Gasteiger partial charge on any atom is 0.337 e. The van der Waals surface area contributed by atoms with Crippen molar-refractivity contribution in [2.45, 2.75) is 25.8 Å². The quantitative estimate of drug-likeness (QED) is 0.876. The fourth-order valence-corrected chi connectivity index (χ4v) is 2.46. The van der Waals surface area contributed by atoms with E-state index in [4.69, 9.17) is 16.7 Å². The van der Waals surface area contributed by atoms with Crippen LogP contribution in [0.1, 0.15) is 30.1 Å². The number of hydrogen-bond donors (Lipinski definition) is 2. The Bertz CT molecular complexity index is 519. The van der Waals surface area contributed by atoms with Crippen molar-refractivity contribution >= 4 is 29.3 Å². The van der Waals surface area contributed by atoms with E-state index in [0.717, 1.165) is 19.4 Å². The van der Waals surface area contributed by atoms with Crippen molar-refractivity contribution in [1.29, 1.82) is 0 Å². The Balaban J connectivity index is 2.09. The number of aromatic carboxylic acids is 1. The first-order chi connectivity index (χ1) is 8.99. The van der Waals surface area contributed by atoms with Crippen LogP contribution in [0.3, 0.4) is 0 Å². The Labute approximate surface area is 116 Å². The Hall–Kier alpha value is -1.75. The van der Waals surface area contributed by atoms with Gasteiger partial charge in [-0.2, -0.15) is 0 Å². The predicted molar refractivity (Wildman–Crippen MR) is 72.8 cm³/mol. The number of carbonyl (C=O) groups is 2. The largest absolute Gasteiger partial charge is 0.478 e. The molecule has 1 heterocycles. The molecule has 2 amide bonds. The van der Waals surface area contributed by atoms with Gasteiger partial charge in [-0.05, 0) is 38.0 Å². The molecule has 1 aliphatic heterocycles. The van der Waals surface area contributed by atoms with Crippen LogP contribution in [0.25, 0.3) is 0 Å². The molecular formula is C13H15ClN2O3. The zero-order chi connectivity index (χ0) is 14.0. The number of nitrogens with zero attached hydrogens (tertiary/aromatic N) is 1. The number of anilines is 1. The fourth-order valence-electron chi connectivity index (χ4n) is 2.20. The van der Waals surface area contributed by atoms with Crippen LogP contribution in [-0.2, 0) is 0 Å². The van der Waals surface area contributed by atoms with Crippen LogP contribution >= 0.6 is 11.6 Å². The molecule has 1 aliphatic rings. The summed E-state index contributed by atoms with van der Waals surface area (Å²) in [5.74, 6) is -1.09. The van der Waals surface area contributed by atoms with Gasteiger partial charge < -0.3 is 15.3 Å². The molecule has 0 saturated carbocycles. The van der Waals surface area contributed by atoms with E-state index in [0.29, 0.717) is 5.69 Å². The van der Waals surface area contributed by atoms with Crippen LogP contribution in [0.4, 0.5) is 10.5 Å². The number of amides is 2. The summed E-state index contributed by atoms with van der Waals surface area (Å²) in [6.07, 6.45) is 2.01. The normalized spacial score (nSPS) is 18.4. The third-order valence-corrected chi connectivity index (χ3v) is 3.58. The average molecular weight is 283 g/mol. The van der Waals surface area contributed by atoms with Gasteiger partial charge in [0, 0.05) is 18.3 Å². The monoisotopic (exact) mass is 282 g/mol. The number of benzene rings is 1. The summed E-state index contributed by atoms with van der Waals surface area (Å²) in [5, 5.41) is 11.7. The second kappa shape index (κ2) is 5.48. The SMILES string of the molecule is CC1CCCN1C(=O)Nc1ccc(C(=O)O)c(Cl)c1. The molecule has 0 aromatic heterocycles. The molecule has 1 saturated heterocycles. The van der Waals surface area contributed by atoms with Gasteiger partial charge in [-0.25, -0.2) is 9.59 Å². The highest BCUT2D eigenvalue weighted by Crippen LogP contribution is 2.23. The number of halogens is 1. The third kappa shape index (κ3) is 2.98. The number of nitrogens with one attached hydrogen (secondary N) is 1. The Morgan fingerprint density at radius 1 is 1.47 bits per heavy atom. The van der Waals surface area contributed by atoms with E-state index < -0.39 is 5.97 Å². The van der Waals surface area contributed by atoms with Crippen LogP contribution in [0.5, 0.6) is 0 Å². The van der Waals surface area contributed by atoms with Gasteiger partial charge in [0.1, 0.15) is 0 Å². The lowest BCUT2D eigenvalue weighted by atomic mass is 10.2. The number of likely N-dealkylation sites (tertiary alicyclic amines) is 1. The molecule has 1 fully saturated rings. The van der Waals surface area contributed by atoms with E-state index >= 15 is 0 Å². The van der Waals surface area contributed by atoms with E-state index in [2.05, 4.69) is 5.32 Å². The zero-order valence-corrected chi connectivity index (χ0v) is 11.3. The highest BCUT2D eigenvalue weighted by Gasteiger charge is 2.25. The lowest BCUT2D eigenvalue weighted by Gasteiger charge is -2.21. The molecule has 1 unspecified atom stereocenters. The smallest absolute Gasteiger partial charge is 0.337 e. The molecule has 0 aliphatic carbocycles. The lowest BCUT2D eigenvalue weighted by molar-refractivity contribution is 0.0697. The lowest BCUT2D eigenvalue weighted by Crippen LogP contribution is -2.37. The van der Waals surface area contributed by atoms with Gasteiger partial charge in [0.05, 0.1) is 10.6 Å². The van der Waals surface area contributed by atoms with Crippen molar-refractivity contribution in [2.24, 2.45) is 0 Å². The van der Waals surface area contributed by atoms with Crippen molar-refractivity contribution in [2.75, 3.05) is 11.9 Å². The van der Waals surface area contributed by atoms with Crippen molar-refractivity contribution in [3.63, 3.8) is 0 Å². The Morgan fingerprint density at radius 2 is 2.21 bits per heavy atom. The summed E-state index contributed by atoms with van der Waals surface area (Å²) >= 11 is 5.85. The summed E-state index contributed by atoms with van der Waals surface area (Å²) in [6, 6.07) is 4.42. The molecule has 0 radical (unpaired) electrons. The molecule has 1 atom stereocenters. The first-order valence-electron chi connectivity index (χ1n) is 6.09. The van der Waals surface area contributed by atoms with Crippen molar-refractivity contribution in [1.82, 2.24) is 4.90 Å². The predicted octanol–water partition coefficient (Wildman–Crippen LogP) is 3.05. The number of hydrogen-bond acceptors (Lipinski definition) is 2. The van der Waals surface area contributed by atoms with Crippen molar-refractivity contribution in [3.05, 3.63) is 28.8 Å². The molecule has 2 N–H and O–H groups in total. The first-order valence-corrected chi connectivity index (χ1v) is 6.47. The average Bonchev–Trinajstić information content (AvgIpc) is 2.75. The van der Waals surface area contributed by atoms with Crippen LogP contribution in [0.2, 0.25) is 5.02 Å². The van der Waals surface area contributed by atoms with Crippen molar-refractivity contribution < 1.29 is 14.7 Å². The third-order valence-electron chi connectivity index (χ3n) is 3.26. The van der Waals surface area contributed by atoms with Gasteiger partial charge in [0.15, 0.2) is 0 Å². The molecule has 0 spiro atoms.